The summed E-state index contributed by atoms with van der Waals surface area (Å²) in [6, 6.07) is 7.18. The molecule has 23 heavy (non-hydrogen) atoms. The first-order valence-electron chi connectivity index (χ1n) is 7.22. The van der Waals surface area contributed by atoms with Gasteiger partial charge in [0.05, 0.1) is 11.2 Å². The highest BCUT2D eigenvalue weighted by Crippen LogP contribution is 2.33. The average molecular weight is 345 g/mol. The third-order valence-electron chi connectivity index (χ3n) is 3.68. The van der Waals surface area contributed by atoms with Crippen LogP contribution in [0.5, 0.6) is 0 Å². The average Bonchev–Trinajstić information content (AvgIpc) is 2.51. The van der Waals surface area contributed by atoms with E-state index in [-0.39, 0.29) is 12.1 Å². The molecule has 0 atom stereocenters. The van der Waals surface area contributed by atoms with Crippen LogP contribution >= 0.6 is 11.8 Å². The first-order valence-corrected chi connectivity index (χ1v) is 8.38. The zero-order chi connectivity index (χ0) is 16.9. The summed E-state index contributed by atoms with van der Waals surface area (Å²) >= 11 is 1.71. The Labute approximate surface area is 137 Å². The molecular weight excluding hydrogens is 327 g/mol. The van der Waals surface area contributed by atoms with Crippen molar-refractivity contribution in [3.8, 4) is 0 Å². The Kier molecular flexibility index (Phi) is 5.75. The number of amides is 1. The summed E-state index contributed by atoms with van der Waals surface area (Å²) in [5.41, 5.74) is -2.09. The Bertz CT molecular complexity index is 566. The molecule has 2 rings (SSSR count). The minimum atomic E-state index is -4.63. The third kappa shape index (κ3) is 5.28. The number of thioether (sulfide) groups is 1. The second kappa shape index (κ2) is 7.40. The van der Waals surface area contributed by atoms with Crippen molar-refractivity contribution >= 4 is 23.2 Å². The molecule has 1 aromatic carbocycles. The molecule has 1 amide bonds. The van der Waals surface area contributed by atoms with Crippen LogP contribution in [0.2, 0.25) is 0 Å². The Hall–Kier alpha value is -1.47. The minimum absolute atomic E-state index is 0.0389. The molecule has 1 aliphatic heterocycles. The predicted molar refractivity (Wildman–Crippen MR) is 85.0 cm³/mol. The Morgan fingerprint density at radius 1 is 1.26 bits per heavy atom. The van der Waals surface area contributed by atoms with Crippen molar-refractivity contribution in [2.24, 2.45) is 0 Å². The molecule has 0 radical (unpaired) electrons. The number of hydrogen-bond acceptors (Lipinski definition) is 3. The van der Waals surface area contributed by atoms with Gasteiger partial charge < -0.3 is 10.4 Å². The van der Waals surface area contributed by atoms with Gasteiger partial charge in [0.2, 0.25) is 5.91 Å². The van der Waals surface area contributed by atoms with E-state index >= 15 is 0 Å². The van der Waals surface area contributed by atoms with E-state index in [1.165, 1.54) is 24.3 Å². The van der Waals surface area contributed by atoms with Crippen molar-refractivity contribution in [3.63, 3.8) is 0 Å². The maximum atomic E-state index is 13.1. The van der Waals surface area contributed by atoms with Crippen molar-refractivity contribution in [1.29, 1.82) is 0 Å². The lowest BCUT2D eigenvalue weighted by Gasteiger charge is -2.31. The first kappa shape index (κ1) is 17.9. The standard InChI is InChI=1S/C16H18F3NO2S/c17-16(18,19)13(12-4-2-1-3-5-12)10-14(21)20-11-15(22)6-8-23-9-7-15/h1-5,10,22H,6-9,11H2,(H,20,21)/b13-10-. The molecule has 2 N–H and O–H groups in total. The maximum Gasteiger partial charge on any atom is 0.417 e. The zero-order valence-corrected chi connectivity index (χ0v) is 13.2. The second-order valence-corrected chi connectivity index (χ2v) is 6.70. The fourth-order valence-electron chi connectivity index (χ4n) is 2.31. The van der Waals surface area contributed by atoms with Crippen LogP contribution in [0.15, 0.2) is 36.4 Å². The molecule has 1 aromatic rings. The van der Waals surface area contributed by atoms with Gasteiger partial charge in [-0.15, -0.1) is 0 Å². The topological polar surface area (TPSA) is 49.3 Å². The third-order valence-corrected chi connectivity index (χ3v) is 4.67. The Morgan fingerprint density at radius 2 is 1.87 bits per heavy atom. The summed E-state index contributed by atoms with van der Waals surface area (Å²) in [5, 5.41) is 12.7. The minimum Gasteiger partial charge on any atom is -0.388 e. The molecule has 1 aliphatic rings. The van der Waals surface area contributed by atoms with Gasteiger partial charge in [0.25, 0.3) is 0 Å². The SMILES string of the molecule is O=C(/C=C(/c1ccccc1)C(F)(F)F)NCC1(O)CCSCC1. The van der Waals surface area contributed by atoms with Crippen LogP contribution in [0, 0.1) is 0 Å². The van der Waals surface area contributed by atoms with E-state index < -0.39 is 23.3 Å². The van der Waals surface area contributed by atoms with E-state index in [4.69, 9.17) is 0 Å². The van der Waals surface area contributed by atoms with Gasteiger partial charge in [-0.25, -0.2) is 0 Å². The van der Waals surface area contributed by atoms with E-state index in [9.17, 15) is 23.1 Å². The van der Waals surface area contributed by atoms with Crippen LogP contribution in [-0.2, 0) is 4.79 Å². The summed E-state index contributed by atoms with van der Waals surface area (Å²) in [6.45, 7) is -0.0389. The molecule has 1 heterocycles. The van der Waals surface area contributed by atoms with Crippen molar-refractivity contribution < 1.29 is 23.1 Å². The molecule has 0 saturated carbocycles. The number of halogens is 3. The summed E-state index contributed by atoms with van der Waals surface area (Å²) in [6.07, 6.45) is -3.04. The molecule has 7 heteroatoms. The lowest BCUT2D eigenvalue weighted by atomic mass is 9.97. The molecule has 0 unspecified atom stereocenters. The van der Waals surface area contributed by atoms with E-state index in [0.29, 0.717) is 18.9 Å². The van der Waals surface area contributed by atoms with Crippen LogP contribution in [-0.4, -0.2) is 40.8 Å². The smallest absolute Gasteiger partial charge is 0.388 e. The highest BCUT2D eigenvalue weighted by Gasteiger charge is 2.35. The second-order valence-electron chi connectivity index (χ2n) is 5.48. The number of alkyl halides is 3. The lowest BCUT2D eigenvalue weighted by Crippen LogP contribution is -2.45. The molecule has 126 valence electrons. The van der Waals surface area contributed by atoms with Crippen molar-refractivity contribution in [3.05, 3.63) is 42.0 Å². The first-order chi connectivity index (χ1) is 10.8. The van der Waals surface area contributed by atoms with Crippen LogP contribution in [0.1, 0.15) is 18.4 Å². The highest BCUT2D eigenvalue weighted by molar-refractivity contribution is 7.99. The van der Waals surface area contributed by atoms with Gasteiger partial charge in [0, 0.05) is 12.6 Å². The normalized spacial score (nSPS) is 18.5. The van der Waals surface area contributed by atoms with E-state index in [2.05, 4.69) is 5.32 Å². The summed E-state index contributed by atoms with van der Waals surface area (Å²) in [4.78, 5) is 11.9. The number of aliphatic hydroxyl groups is 1. The van der Waals surface area contributed by atoms with Crippen LogP contribution in [0.4, 0.5) is 13.2 Å². The van der Waals surface area contributed by atoms with Crippen molar-refractivity contribution in [2.75, 3.05) is 18.1 Å². The summed E-state index contributed by atoms with van der Waals surface area (Å²) in [7, 11) is 0. The van der Waals surface area contributed by atoms with E-state index in [1.807, 2.05) is 0 Å². The molecule has 3 nitrogen and oxygen atoms in total. The van der Waals surface area contributed by atoms with Gasteiger partial charge in [-0.3, -0.25) is 4.79 Å². The highest BCUT2D eigenvalue weighted by atomic mass is 32.2. The monoisotopic (exact) mass is 345 g/mol. The summed E-state index contributed by atoms with van der Waals surface area (Å²) in [5.74, 6) is 0.702. The largest absolute Gasteiger partial charge is 0.417 e. The molecule has 0 spiro atoms. The van der Waals surface area contributed by atoms with Crippen molar-refractivity contribution in [1.82, 2.24) is 5.32 Å². The van der Waals surface area contributed by atoms with Gasteiger partial charge in [0.1, 0.15) is 0 Å². The molecule has 1 saturated heterocycles. The number of allylic oxidation sites excluding steroid dienone is 1. The van der Waals surface area contributed by atoms with Gasteiger partial charge in [-0.2, -0.15) is 24.9 Å². The Balaban J connectivity index is 2.08. The number of hydrogen-bond donors (Lipinski definition) is 2. The van der Waals surface area contributed by atoms with Crippen molar-refractivity contribution in [2.45, 2.75) is 24.6 Å². The van der Waals surface area contributed by atoms with Crippen LogP contribution in [0.25, 0.3) is 5.57 Å². The fraction of sp³-hybridized carbons (Fsp3) is 0.438. The molecule has 0 aliphatic carbocycles. The number of rotatable bonds is 4. The number of benzene rings is 1. The van der Waals surface area contributed by atoms with Crippen LogP contribution in [0.3, 0.4) is 0 Å². The van der Waals surface area contributed by atoms with E-state index in [0.717, 1.165) is 11.5 Å². The predicted octanol–water partition coefficient (Wildman–Crippen LogP) is 3.01. The summed E-state index contributed by atoms with van der Waals surface area (Å²) < 4.78 is 39.4. The van der Waals surface area contributed by atoms with Crippen LogP contribution < -0.4 is 5.32 Å². The van der Waals surface area contributed by atoms with Gasteiger partial charge >= 0.3 is 6.18 Å². The fourth-order valence-corrected chi connectivity index (χ4v) is 3.56. The quantitative estimate of drug-likeness (QED) is 0.825. The Morgan fingerprint density at radius 3 is 2.43 bits per heavy atom. The van der Waals surface area contributed by atoms with Gasteiger partial charge in [-0.1, -0.05) is 30.3 Å². The molecular formula is C16H18F3NO2S. The lowest BCUT2D eigenvalue weighted by molar-refractivity contribution is -0.118. The van der Waals surface area contributed by atoms with E-state index in [1.54, 1.807) is 17.8 Å². The number of carbonyl (C=O) groups is 1. The van der Waals surface area contributed by atoms with Gasteiger partial charge in [0.15, 0.2) is 0 Å². The molecule has 0 aromatic heterocycles. The maximum absolute atomic E-state index is 13.1. The number of carbonyl (C=O) groups excluding carboxylic acids is 1. The zero-order valence-electron chi connectivity index (χ0n) is 12.4. The number of nitrogens with one attached hydrogen (secondary N) is 1. The van der Waals surface area contributed by atoms with Gasteiger partial charge in [-0.05, 0) is 29.9 Å². The molecule has 1 fully saturated rings. The molecule has 0 bridgehead atoms.